The molecule has 0 heterocycles. The molecule has 0 saturated heterocycles. The molecule has 0 unspecified atom stereocenters. The van der Waals surface area contributed by atoms with Gasteiger partial charge in [-0.05, 0) is 26.0 Å². The second-order valence-corrected chi connectivity index (χ2v) is 3.17. The number of hydrogen-bond donors (Lipinski definition) is 2. The van der Waals surface area contributed by atoms with Crippen molar-refractivity contribution < 1.29 is 4.79 Å². The minimum atomic E-state index is 0.00792. The topological polar surface area (TPSA) is 58.4 Å². The van der Waals surface area contributed by atoms with E-state index in [1.165, 1.54) is 0 Å². The third-order valence-corrected chi connectivity index (χ3v) is 2.36. The first kappa shape index (κ1) is 11.5. The van der Waals surface area contributed by atoms with Crippen molar-refractivity contribution in [3.8, 4) is 0 Å². The van der Waals surface area contributed by atoms with Gasteiger partial charge < -0.3 is 10.3 Å². The molecule has 0 aliphatic rings. The number of carbonyl (C=O) groups is 1. The lowest BCUT2D eigenvalue weighted by Gasteiger charge is -2.20. The summed E-state index contributed by atoms with van der Waals surface area (Å²) in [5, 5.41) is 0. The van der Waals surface area contributed by atoms with Crippen LogP contribution in [-0.4, -0.2) is 23.9 Å². The highest BCUT2D eigenvalue weighted by molar-refractivity contribution is 5.99. The summed E-state index contributed by atoms with van der Waals surface area (Å²) in [6.45, 7) is 5.32. The van der Waals surface area contributed by atoms with E-state index in [1.807, 2.05) is 26.0 Å². The van der Waals surface area contributed by atoms with Gasteiger partial charge in [-0.3, -0.25) is 10.6 Å². The van der Waals surface area contributed by atoms with E-state index in [4.69, 9.17) is 5.84 Å². The number of hydrazine groups is 1. The minimum Gasteiger partial charge on any atom is -0.339 e. The maximum atomic E-state index is 12.0. The molecular formula is C11H17N3O. The number of nitrogens with one attached hydrogen (secondary N) is 1. The van der Waals surface area contributed by atoms with E-state index < -0.39 is 0 Å². The summed E-state index contributed by atoms with van der Waals surface area (Å²) in [7, 11) is 0. The van der Waals surface area contributed by atoms with Gasteiger partial charge in [0.1, 0.15) is 0 Å². The lowest BCUT2D eigenvalue weighted by atomic mass is 10.1. The molecule has 1 rings (SSSR count). The molecule has 0 aromatic heterocycles. The SMILES string of the molecule is CCN(CC)C(=O)c1ccccc1NN. The number of anilines is 1. The van der Waals surface area contributed by atoms with Gasteiger partial charge >= 0.3 is 0 Å². The molecule has 1 amide bonds. The van der Waals surface area contributed by atoms with Crippen LogP contribution >= 0.6 is 0 Å². The molecule has 15 heavy (non-hydrogen) atoms. The van der Waals surface area contributed by atoms with E-state index in [-0.39, 0.29) is 5.91 Å². The van der Waals surface area contributed by atoms with Crippen molar-refractivity contribution in [1.82, 2.24) is 4.90 Å². The zero-order valence-electron chi connectivity index (χ0n) is 9.16. The average molecular weight is 207 g/mol. The minimum absolute atomic E-state index is 0.00792. The first-order valence-electron chi connectivity index (χ1n) is 5.09. The first-order valence-corrected chi connectivity index (χ1v) is 5.09. The number of rotatable bonds is 4. The van der Waals surface area contributed by atoms with Crippen molar-refractivity contribution in [3.05, 3.63) is 29.8 Å². The van der Waals surface area contributed by atoms with E-state index in [0.29, 0.717) is 24.3 Å². The van der Waals surface area contributed by atoms with E-state index in [0.717, 1.165) is 0 Å². The Balaban J connectivity index is 2.99. The molecule has 0 spiro atoms. The van der Waals surface area contributed by atoms with E-state index in [2.05, 4.69) is 5.43 Å². The van der Waals surface area contributed by atoms with Crippen LogP contribution in [0.15, 0.2) is 24.3 Å². The maximum absolute atomic E-state index is 12.0. The molecular weight excluding hydrogens is 190 g/mol. The van der Waals surface area contributed by atoms with Crippen LogP contribution in [0.25, 0.3) is 0 Å². The fraction of sp³-hybridized carbons (Fsp3) is 0.364. The first-order chi connectivity index (χ1) is 7.24. The average Bonchev–Trinajstić information content (AvgIpc) is 2.30. The van der Waals surface area contributed by atoms with Crippen LogP contribution < -0.4 is 11.3 Å². The van der Waals surface area contributed by atoms with Crippen molar-refractivity contribution in [2.24, 2.45) is 5.84 Å². The highest BCUT2D eigenvalue weighted by atomic mass is 16.2. The summed E-state index contributed by atoms with van der Waals surface area (Å²) in [4.78, 5) is 13.8. The van der Waals surface area contributed by atoms with Crippen LogP contribution in [0.2, 0.25) is 0 Å². The van der Waals surface area contributed by atoms with Gasteiger partial charge in [0.05, 0.1) is 11.3 Å². The third kappa shape index (κ3) is 2.47. The predicted molar refractivity (Wildman–Crippen MR) is 61.5 cm³/mol. The van der Waals surface area contributed by atoms with Crippen LogP contribution in [-0.2, 0) is 0 Å². The Hall–Kier alpha value is -1.55. The van der Waals surface area contributed by atoms with Gasteiger partial charge in [-0.2, -0.15) is 0 Å². The highest BCUT2D eigenvalue weighted by Gasteiger charge is 2.15. The molecule has 3 N–H and O–H groups in total. The van der Waals surface area contributed by atoms with E-state index in [9.17, 15) is 4.79 Å². The number of amides is 1. The molecule has 0 fully saturated rings. The molecule has 1 aromatic carbocycles. The molecule has 4 heteroatoms. The number of nitrogens with zero attached hydrogens (tertiary/aromatic N) is 1. The number of hydrogen-bond acceptors (Lipinski definition) is 3. The number of nitrogens with two attached hydrogens (primary N) is 1. The number of para-hydroxylation sites is 1. The summed E-state index contributed by atoms with van der Waals surface area (Å²) in [5.41, 5.74) is 3.81. The fourth-order valence-electron chi connectivity index (χ4n) is 1.48. The Morgan fingerprint density at radius 2 is 1.93 bits per heavy atom. The lowest BCUT2D eigenvalue weighted by molar-refractivity contribution is 0.0774. The predicted octanol–water partition coefficient (Wildman–Crippen LogP) is 1.45. The Morgan fingerprint density at radius 1 is 1.33 bits per heavy atom. The van der Waals surface area contributed by atoms with E-state index >= 15 is 0 Å². The number of nitrogen functional groups attached to an aromatic ring is 1. The number of carbonyl (C=O) groups excluding carboxylic acids is 1. The number of benzene rings is 1. The Kier molecular flexibility index (Phi) is 4.12. The summed E-state index contributed by atoms with van der Waals surface area (Å²) >= 11 is 0. The molecule has 82 valence electrons. The van der Waals surface area contributed by atoms with Crippen molar-refractivity contribution >= 4 is 11.6 Å². The lowest BCUT2D eigenvalue weighted by Crippen LogP contribution is -2.31. The van der Waals surface area contributed by atoms with Crippen LogP contribution in [0.3, 0.4) is 0 Å². The second-order valence-electron chi connectivity index (χ2n) is 3.17. The molecule has 4 nitrogen and oxygen atoms in total. The maximum Gasteiger partial charge on any atom is 0.255 e. The monoisotopic (exact) mass is 207 g/mol. The zero-order valence-corrected chi connectivity index (χ0v) is 9.16. The zero-order chi connectivity index (χ0) is 11.3. The van der Waals surface area contributed by atoms with E-state index in [1.54, 1.807) is 17.0 Å². The van der Waals surface area contributed by atoms with Gasteiger partial charge in [0.2, 0.25) is 0 Å². The molecule has 0 aliphatic heterocycles. The molecule has 0 bridgehead atoms. The quantitative estimate of drug-likeness (QED) is 0.580. The second kappa shape index (κ2) is 5.36. The Labute approximate surface area is 90.0 Å². The summed E-state index contributed by atoms with van der Waals surface area (Å²) in [5.74, 6) is 5.36. The highest BCUT2D eigenvalue weighted by Crippen LogP contribution is 2.15. The van der Waals surface area contributed by atoms with Gasteiger partial charge in [0.15, 0.2) is 0 Å². The van der Waals surface area contributed by atoms with Crippen molar-refractivity contribution in [1.29, 1.82) is 0 Å². The van der Waals surface area contributed by atoms with Crippen LogP contribution in [0.5, 0.6) is 0 Å². The Bertz CT molecular complexity index is 334. The van der Waals surface area contributed by atoms with Crippen molar-refractivity contribution in [2.45, 2.75) is 13.8 Å². The molecule has 0 aliphatic carbocycles. The van der Waals surface area contributed by atoms with Gasteiger partial charge in [0.25, 0.3) is 5.91 Å². The standard InChI is InChI=1S/C11H17N3O/c1-3-14(4-2)11(15)9-7-5-6-8-10(9)13-12/h5-8,13H,3-4,12H2,1-2H3. The fourth-order valence-corrected chi connectivity index (χ4v) is 1.48. The molecule has 0 atom stereocenters. The summed E-state index contributed by atoms with van der Waals surface area (Å²) in [6.07, 6.45) is 0. The Morgan fingerprint density at radius 3 is 2.47 bits per heavy atom. The summed E-state index contributed by atoms with van der Waals surface area (Å²) < 4.78 is 0. The molecule has 0 saturated carbocycles. The van der Waals surface area contributed by atoms with Crippen molar-refractivity contribution in [3.63, 3.8) is 0 Å². The third-order valence-electron chi connectivity index (χ3n) is 2.36. The normalized spacial score (nSPS) is 9.80. The summed E-state index contributed by atoms with van der Waals surface area (Å²) in [6, 6.07) is 7.23. The van der Waals surface area contributed by atoms with Crippen molar-refractivity contribution in [2.75, 3.05) is 18.5 Å². The largest absolute Gasteiger partial charge is 0.339 e. The smallest absolute Gasteiger partial charge is 0.255 e. The molecule has 1 aromatic rings. The molecule has 0 radical (unpaired) electrons. The van der Waals surface area contributed by atoms with Crippen LogP contribution in [0, 0.1) is 0 Å². The van der Waals surface area contributed by atoms with Gasteiger partial charge in [-0.25, -0.2) is 0 Å². The van der Waals surface area contributed by atoms with Gasteiger partial charge in [-0.1, -0.05) is 12.1 Å². The van der Waals surface area contributed by atoms with Crippen LogP contribution in [0.1, 0.15) is 24.2 Å². The van der Waals surface area contributed by atoms with Crippen LogP contribution in [0.4, 0.5) is 5.69 Å². The van der Waals surface area contributed by atoms with Gasteiger partial charge in [0, 0.05) is 13.1 Å². The van der Waals surface area contributed by atoms with Gasteiger partial charge in [-0.15, -0.1) is 0 Å².